The molecule has 1 unspecified atom stereocenters. The first kappa shape index (κ1) is 23.3. The SMILES string of the molecule is CCC(=O)N(CCC(C)C)CC(=O)N1CCc2sccc2C1COc1ccc(C)cc1. The zero-order valence-electron chi connectivity index (χ0n) is 19.1. The molecule has 0 saturated heterocycles. The Hall–Kier alpha value is -2.34. The summed E-state index contributed by atoms with van der Waals surface area (Å²) in [5, 5.41) is 2.09. The molecule has 0 radical (unpaired) electrons. The Bertz CT molecular complexity index is 875. The van der Waals surface area contributed by atoms with Gasteiger partial charge in [0.1, 0.15) is 12.4 Å². The van der Waals surface area contributed by atoms with Crippen molar-refractivity contribution in [2.75, 3.05) is 26.2 Å². The lowest BCUT2D eigenvalue weighted by Crippen LogP contribution is -2.48. The van der Waals surface area contributed by atoms with E-state index in [-0.39, 0.29) is 24.4 Å². The van der Waals surface area contributed by atoms with Crippen LogP contribution in [-0.4, -0.2) is 47.9 Å². The second-order valence-corrected chi connectivity index (χ2v) is 9.63. The molecule has 31 heavy (non-hydrogen) atoms. The monoisotopic (exact) mass is 442 g/mol. The van der Waals surface area contributed by atoms with Gasteiger partial charge in [-0.1, -0.05) is 38.5 Å². The molecule has 0 fully saturated rings. The van der Waals surface area contributed by atoms with Crippen LogP contribution in [0.1, 0.15) is 55.7 Å². The van der Waals surface area contributed by atoms with E-state index in [2.05, 4.69) is 25.3 Å². The van der Waals surface area contributed by atoms with Crippen LogP contribution in [-0.2, 0) is 16.0 Å². The summed E-state index contributed by atoms with van der Waals surface area (Å²) < 4.78 is 6.09. The summed E-state index contributed by atoms with van der Waals surface area (Å²) in [4.78, 5) is 30.8. The summed E-state index contributed by atoms with van der Waals surface area (Å²) in [7, 11) is 0. The highest BCUT2D eigenvalue weighted by Crippen LogP contribution is 2.34. The Kier molecular flexibility index (Phi) is 8.13. The van der Waals surface area contributed by atoms with Crippen molar-refractivity contribution >= 4 is 23.2 Å². The van der Waals surface area contributed by atoms with Crippen LogP contribution >= 0.6 is 11.3 Å². The third-order valence-electron chi connectivity index (χ3n) is 5.80. The highest BCUT2D eigenvalue weighted by atomic mass is 32.1. The minimum atomic E-state index is -0.132. The third kappa shape index (κ3) is 6.10. The summed E-state index contributed by atoms with van der Waals surface area (Å²) in [5.41, 5.74) is 2.36. The van der Waals surface area contributed by atoms with E-state index in [9.17, 15) is 9.59 Å². The number of hydrogen-bond donors (Lipinski definition) is 0. The van der Waals surface area contributed by atoms with E-state index in [1.165, 1.54) is 16.0 Å². The Morgan fingerprint density at radius 3 is 2.65 bits per heavy atom. The van der Waals surface area contributed by atoms with Crippen molar-refractivity contribution in [2.45, 2.75) is 53.0 Å². The third-order valence-corrected chi connectivity index (χ3v) is 6.80. The topological polar surface area (TPSA) is 49.9 Å². The van der Waals surface area contributed by atoms with Gasteiger partial charge in [0.2, 0.25) is 11.8 Å². The van der Waals surface area contributed by atoms with Crippen LogP contribution in [0.5, 0.6) is 5.75 Å². The number of hydrogen-bond acceptors (Lipinski definition) is 4. The summed E-state index contributed by atoms with van der Waals surface area (Å²) in [6.45, 7) is 10.0. The number of nitrogens with zero attached hydrogens (tertiary/aromatic N) is 2. The van der Waals surface area contributed by atoms with Crippen molar-refractivity contribution in [3.8, 4) is 5.75 Å². The number of benzene rings is 1. The molecule has 1 aliphatic rings. The molecule has 0 N–H and O–H groups in total. The molecule has 6 heteroatoms. The highest BCUT2D eigenvalue weighted by Gasteiger charge is 2.33. The number of ether oxygens (including phenoxy) is 1. The molecule has 3 rings (SSSR count). The first-order chi connectivity index (χ1) is 14.9. The summed E-state index contributed by atoms with van der Waals surface area (Å²) in [6.07, 6.45) is 2.17. The maximum atomic E-state index is 13.4. The van der Waals surface area contributed by atoms with Gasteiger partial charge in [0.05, 0.1) is 12.6 Å². The smallest absolute Gasteiger partial charge is 0.242 e. The Morgan fingerprint density at radius 1 is 1.23 bits per heavy atom. The molecule has 0 saturated carbocycles. The molecule has 0 aliphatic carbocycles. The predicted octanol–water partition coefficient (Wildman–Crippen LogP) is 4.85. The molecular formula is C25H34N2O3S. The van der Waals surface area contributed by atoms with Gasteiger partial charge in [0, 0.05) is 24.4 Å². The normalized spacial score (nSPS) is 15.6. The fourth-order valence-corrected chi connectivity index (χ4v) is 4.80. The van der Waals surface area contributed by atoms with E-state index in [1.54, 1.807) is 16.2 Å². The van der Waals surface area contributed by atoms with Gasteiger partial charge in [-0.15, -0.1) is 11.3 Å². The van der Waals surface area contributed by atoms with Crippen molar-refractivity contribution in [3.63, 3.8) is 0 Å². The second kappa shape index (κ2) is 10.8. The highest BCUT2D eigenvalue weighted by molar-refractivity contribution is 7.10. The van der Waals surface area contributed by atoms with Crippen molar-refractivity contribution in [1.29, 1.82) is 0 Å². The van der Waals surface area contributed by atoms with Gasteiger partial charge in [-0.05, 0) is 54.8 Å². The van der Waals surface area contributed by atoms with Gasteiger partial charge in [-0.2, -0.15) is 0 Å². The second-order valence-electron chi connectivity index (χ2n) is 8.63. The van der Waals surface area contributed by atoms with Gasteiger partial charge in [0.15, 0.2) is 0 Å². The number of aryl methyl sites for hydroxylation is 1. The van der Waals surface area contributed by atoms with Crippen molar-refractivity contribution in [2.24, 2.45) is 5.92 Å². The average Bonchev–Trinajstić information content (AvgIpc) is 3.24. The molecule has 2 amide bonds. The molecule has 0 spiro atoms. The number of carbonyl (C=O) groups is 2. The van der Waals surface area contributed by atoms with Gasteiger partial charge >= 0.3 is 0 Å². The molecule has 1 aromatic carbocycles. The zero-order chi connectivity index (χ0) is 22.4. The van der Waals surface area contributed by atoms with Gasteiger partial charge < -0.3 is 14.5 Å². The Labute approximate surface area is 190 Å². The summed E-state index contributed by atoms with van der Waals surface area (Å²) in [6, 6.07) is 9.96. The van der Waals surface area contributed by atoms with Crippen LogP contribution in [0.25, 0.3) is 0 Å². The van der Waals surface area contributed by atoms with Crippen LogP contribution in [0.2, 0.25) is 0 Å². The van der Waals surface area contributed by atoms with Crippen LogP contribution in [0.3, 0.4) is 0 Å². The van der Waals surface area contributed by atoms with Gasteiger partial charge in [-0.25, -0.2) is 0 Å². The molecule has 1 aromatic heterocycles. The Balaban J connectivity index is 1.74. The maximum absolute atomic E-state index is 13.4. The number of fused-ring (bicyclic) bond motifs is 1. The maximum Gasteiger partial charge on any atom is 0.242 e. The standard InChI is InChI=1S/C25H34N2O3S/c1-5-24(28)26(13-10-18(2)3)16-25(29)27-14-11-23-21(12-15-31-23)22(27)17-30-20-8-6-19(4)7-9-20/h6-9,12,15,18,22H,5,10-11,13-14,16-17H2,1-4H3. The first-order valence-electron chi connectivity index (χ1n) is 11.2. The largest absolute Gasteiger partial charge is 0.491 e. The molecule has 168 valence electrons. The van der Waals surface area contributed by atoms with E-state index in [4.69, 9.17) is 4.74 Å². The fraction of sp³-hybridized carbons (Fsp3) is 0.520. The number of amides is 2. The predicted molar refractivity (Wildman–Crippen MR) is 125 cm³/mol. The molecule has 1 aliphatic heterocycles. The van der Waals surface area contributed by atoms with E-state index in [0.717, 1.165) is 18.6 Å². The van der Waals surface area contributed by atoms with E-state index in [0.29, 0.717) is 32.0 Å². The van der Waals surface area contributed by atoms with Crippen LogP contribution in [0.4, 0.5) is 0 Å². The fourth-order valence-electron chi connectivity index (χ4n) is 3.87. The zero-order valence-corrected chi connectivity index (χ0v) is 19.9. The minimum absolute atomic E-state index is 0.0000813. The van der Waals surface area contributed by atoms with E-state index < -0.39 is 0 Å². The lowest BCUT2D eigenvalue weighted by molar-refractivity contribution is -0.142. The first-order valence-corrected chi connectivity index (χ1v) is 12.1. The van der Waals surface area contributed by atoms with Crippen LogP contribution < -0.4 is 4.74 Å². The molecular weight excluding hydrogens is 408 g/mol. The van der Waals surface area contributed by atoms with Crippen molar-refractivity contribution in [1.82, 2.24) is 9.80 Å². The lowest BCUT2D eigenvalue weighted by atomic mass is 10.00. The molecule has 5 nitrogen and oxygen atoms in total. The van der Waals surface area contributed by atoms with Crippen LogP contribution in [0, 0.1) is 12.8 Å². The average molecular weight is 443 g/mol. The lowest BCUT2D eigenvalue weighted by Gasteiger charge is -2.37. The molecule has 2 aromatic rings. The number of carbonyl (C=O) groups excluding carboxylic acids is 2. The minimum Gasteiger partial charge on any atom is -0.491 e. The van der Waals surface area contributed by atoms with Crippen molar-refractivity contribution in [3.05, 3.63) is 51.7 Å². The van der Waals surface area contributed by atoms with Gasteiger partial charge in [-0.3, -0.25) is 9.59 Å². The van der Waals surface area contributed by atoms with Crippen molar-refractivity contribution < 1.29 is 14.3 Å². The summed E-state index contributed by atoms with van der Waals surface area (Å²) >= 11 is 1.74. The van der Waals surface area contributed by atoms with E-state index >= 15 is 0 Å². The number of thiophene rings is 1. The van der Waals surface area contributed by atoms with Crippen LogP contribution in [0.15, 0.2) is 35.7 Å². The Morgan fingerprint density at radius 2 is 1.97 bits per heavy atom. The van der Waals surface area contributed by atoms with Gasteiger partial charge in [0.25, 0.3) is 0 Å². The molecule has 2 heterocycles. The molecule has 0 bridgehead atoms. The van der Waals surface area contributed by atoms with E-state index in [1.807, 2.05) is 43.0 Å². The number of rotatable bonds is 9. The quantitative estimate of drug-likeness (QED) is 0.558. The molecule has 1 atom stereocenters. The summed E-state index contributed by atoms with van der Waals surface area (Å²) in [5.74, 6) is 1.33.